The molecule has 1 heterocycles. The van der Waals surface area contributed by atoms with Crippen LogP contribution in [0.1, 0.15) is 19.8 Å². The van der Waals surface area contributed by atoms with Gasteiger partial charge in [0.15, 0.2) is 0 Å². The highest BCUT2D eigenvalue weighted by Gasteiger charge is 2.36. The maximum absolute atomic E-state index is 12.0. The van der Waals surface area contributed by atoms with Crippen LogP contribution in [0.3, 0.4) is 0 Å². The molecular formula is C11H19ClN2O2. The van der Waals surface area contributed by atoms with Crippen LogP contribution in [-0.2, 0) is 9.59 Å². The zero-order chi connectivity index (χ0) is 12.3. The van der Waals surface area contributed by atoms with E-state index < -0.39 is 0 Å². The van der Waals surface area contributed by atoms with Gasteiger partial charge in [0.2, 0.25) is 11.8 Å². The Morgan fingerprint density at radius 1 is 1.50 bits per heavy atom. The average Bonchev–Trinajstić information content (AvgIpc) is 2.74. The van der Waals surface area contributed by atoms with Crippen molar-refractivity contribution in [2.24, 2.45) is 5.92 Å². The summed E-state index contributed by atoms with van der Waals surface area (Å²) in [4.78, 5) is 27.1. The van der Waals surface area contributed by atoms with Crippen molar-refractivity contribution in [1.82, 2.24) is 9.80 Å². The van der Waals surface area contributed by atoms with E-state index in [2.05, 4.69) is 0 Å². The molecule has 1 rings (SSSR count). The number of nitrogens with zero attached hydrogens (tertiary/aromatic N) is 2. The summed E-state index contributed by atoms with van der Waals surface area (Å²) < 4.78 is 0. The minimum absolute atomic E-state index is 0.00676. The SMILES string of the molecule is CC(CCl)C(=O)N1CCCC1C(=O)N(C)C. The fourth-order valence-corrected chi connectivity index (χ4v) is 2.07. The summed E-state index contributed by atoms with van der Waals surface area (Å²) in [7, 11) is 3.43. The number of alkyl halides is 1. The van der Waals surface area contributed by atoms with Gasteiger partial charge in [0.1, 0.15) is 6.04 Å². The Kier molecular flexibility index (Phi) is 4.59. The Bertz CT molecular complexity index is 281. The second-order valence-electron chi connectivity index (χ2n) is 4.48. The normalized spacial score (nSPS) is 22.0. The third-order valence-corrected chi connectivity index (χ3v) is 3.38. The van der Waals surface area contributed by atoms with Gasteiger partial charge in [-0.1, -0.05) is 6.92 Å². The molecule has 1 aliphatic heterocycles. The maximum atomic E-state index is 12.0. The lowest BCUT2D eigenvalue weighted by molar-refractivity contribution is -0.144. The Morgan fingerprint density at radius 2 is 2.12 bits per heavy atom. The Labute approximate surface area is 102 Å². The maximum Gasteiger partial charge on any atom is 0.244 e. The molecule has 2 amide bonds. The van der Waals surface area contributed by atoms with Crippen LogP contribution in [-0.4, -0.2) is 54.2 Å². The molecule has 5 heteroatoms. The minimum atomic E-state index is -0.284. The second-order valence-corrected chi connectivity index (χ2v) is 4.79. The lowest BCUT2D eigenvalue weighted by atomic mass is 10.1. The van der Waals surface area contributed by atoms with Gasteiger partial charge >= 0.3 is 0 Å². The van der Waals surface area contributed by atoms with E-state index in [9.17, 15) is 9.59 Å². The van der Waals surface area contributed by atoms with E-state index in [1.165, 1.54) is 0 Å². The van der Waals surface area contributed by atoms with Crippen LogP contribution in [0.4, 0.5) is 0 Å². The number of hydrogen-bond donors (Lipinski definition) is 0. The molecule has 0 aromatic heterocycles. The molecule has 0 radical (unpaired) electrons. The topological polar surface area (TPSA) is 40.6 Å². The van der Waals surface area contributed by atoms with Crippen LogP contribution >= 0.6 is 11.6 Å². The van der Waals surface area contributed by atoms with Crippen molar-refractivity contribution >= 4 is 23.4 Å². The van der Waals surface area contributed by atoms with Crippen LogP contribution in [0.15, 0.2) is 0 Å². The lowest BCUT2D eigenvalue weighted by Gasteiger charge is -2.27. The number of carbonyl (C=O) groups is 2. The Hall–Kier alpha value is -0.770. The molecule has 1 saturated heterocycles. The van der Waals surface area contributed by atoms with E-state index in [-0.39, 0.29) is 23.8 Å². The molecular weight excluding hydrogens is 228 g/mol. The molecule has 1 aliphatic rings. The molecule has 0 aromatic rings. The number of halogens is 1. The quantitative estimate of drug-likeness (QED) is 0.696. The summed E-state index contributed by atoms with van der Waals surface area (Å²) in [5.41, 5.74) is 0. The van der Waals surface area contributed by atoms with Crippen LogP contribution in [0, 0.1) is 5.92 Å². The molecule has 0 aromatic carbocycles. The number of likely N-dealkylation sites (tertiary alicyclic amines) is 1. The smallest absolute Gasteiger partial charge is 0.244 e. The third kappa shape index (κ3) is 2.67. The van der Waals surface area contributed by atoms with Gasteiger partial charge in [-0.05, 0) is 12.8 Å². The summed E-state index contributed by atoms with van der Waals surface area (Å²) in [6.07, 6.45) is 1.66. The fraction of sp³-hybridized carbons (Fsp3) is 0.818. The van der Waals surface area contributed by atoms with Crippen LogP contribution < -0.4 is 0 Å². The van der Waals surface area contributed by atoms with E-state index in [0.717, 1.165) is 12.8 Å². The lowest BCUT2D eigenvalue weighted by Crippen LogP contribution is -2.47. The third-order valence-electron chi connectivity index (χ3n) is 2.91. The molecule has 0 saturated carbocycles. The van der Waals surface area contributed by atoms with Crippen molar-refractivity contribution in [3.8, 4) is 0 Å². The van der Waals surface area contributed by atoms with Gasteiger partial charge in [0.25, 0.3) is 0 Å². The predicted octanol–water partition coefficient (Wildman–Crippen LogP) is 0.940. The molecule has 4 nitrogen and oxygen atoms in total. The summed E-state index contributed by atoms with van der Waals surface area (Å²) in [6.45, 7) is 2.47. The molecule has 2 atom stereocenters. The number of amides is 2. The van der Waals surface area contributed by atoms with E-state index in [0.29, 0.717) is 12.4 Å². The first-order valence-electron chi connectivity index (χ1n) is 5.56. The Morgan fingerprint density at radius 3 is 2.62 bits per heavy atom. The van der Waals surface area contributed by atoms with Gasteiger partial charge in [0, 0.05) is 32.4 Å². The number of hydrogen-bond acceptors (Lipinski definition) is 2. The molecule has 0 aliphatic carbocycles. The minimum Gasteiger partial charge on any atom is -0.347 e. The van der Waals surface area contributed by atoms with E-state index >= 15 is 0 Å². The van der Waals surface area contributed by atoms with Crippen molar-refractivity contribution < 1.29 is 9.59 Å². The first kappa shape index (κ1) is 13.3. The first-order chi connectivity index (χ1) is 7.49. The molecule has 0 N–H and O–H groups in total. The van der Waals surface area contributed by atoms with Crippen molar-refractivity contribution in [2.75, 3.05) is 26.5 Å². The zero-order valence-corrected chi connectivity index (χ0v) is 10.8. The van der Waals surface area contributed by atoms with E-state index in [1.807, 2.05) is 0 Å². The molecule has 0 bridgehead atoms. The predicted molar refractivity (Wildman–Crippen MR) is 63.3 cm³/mol. The summed E-state index contributed by atoms with van der Waals surface area (Å²) >= 11 is 5.67. The molecule has 0 spiro atoms. The standard InChI is InChI=1S/C11H19ClN2O2/c1-8(7-12)10(15)14-6-4-5-9(14)11(16)13(2)3/h8-9H,4-7H2,1-3H3. The Balaban J connectivity index is 2.73. The zero-order valence-electron chi connectivity index (χ0n) is 10.1. The number of carbonyl (C=O) groups excluding carboxylic acids is 2. The van der Waals surface area contributed by atoms with Gasteiger partial charge in [-0.3, -0.25) is 9.59 Å². The molecule has 92 valence electrons. The largest absolute Gasteiger partial charge is 0.347 e. The summed E-state index contributed by atoms with van der Waals surface area (Å²) in [6, 6.07) is -0.284. The monoisotopic (exact) mass is 246 g/mol. The first-order valence-corrected chi connectivity index (χ1v) is 6.10. The van der Waals surface area contributed by atoms with Gasteiger partial charge in [-0.15, -0.1) is 11.6 Å². The highest BCUT2D eigenvalue weighted by atomic mass is 35.5. The van der Waals surface area contributed by atoms with Gasteiger partial charge in [-0.25, -0.2) is 0 Å². The van der Waals surface area contributed by atoms with Crippen molar-refractivity contribution in [3.05, 3.63) is 0 Å². The van der Waals surface area contributed by atoms with Gasteiger partial charge < -0.3 is 9.80 Å². The van der Waals surface area contributed by atoms with Crippen molar-refractivity contribution in [1.29, 1.82) is 0 Å². The molecule has 1 fully saturated rings. The average molecular weight is 247 g/mol. The van der Waals surface area contributed by atoms with Gasteiger partial charge in [-0.2, -0.15) is 0 Å². The number of likely N-dealkylation sites (N-methyl/N-ethyl adjacent to an activating group) is 1. The summed E-state index contributed by atoms with van der Waals surface area (Å²) in [5.74, 6) is 0.0932. The second kappa shape index (κ2) is 5.53. The molecule has 2 unspecified atom stereocenters. The summed E-state index contributed by atoms with van der Waals surface area (Å²) in [5, 5.41) is 0. The molecule has 16 heavy (non-hydrogen) atoms. The van der Waals surface area contributed by atoms with Crippen LogP contribution in [0.5, 0.6) is 0 Å². The van der Waals surface area contributed by atoms with Crippen molar-refractivity contribution in [2.45, 2.75) is 25.8 Å². The van der Waals surface area contributed by atoms with Crippen molar-refractivity contribution in [3.63, 3.8) is 0 Å². The van der Waals surface area contributed by atoms with Crippen LogP contribution in [0.2, 0.25) is 0 Å². The van der Waals surface area contributed by atoms with E-state index in [4.69, 9.17) is 11.6 Å². The fourth-order valence-electron chi connectivity index (χ4n) is 1.93. The van der Waals surface area contributed by atoms with Gasteiger partial charge in [0.05, 0.1) is 0 Å². The van der Waals surface area contributed by atoms with Crippen LogP contribution in [0.25, 0.3) is 0 Å². The highest BCUT2D eigenvalue weighted by Crippen LogP contribution is 2.21. The van der Waals surface area contributed by atoms with E-state index in [1.54, 1.807) is 30.8 Å². The number of rotatable bonds is 3. The highest BCUT2D eigenvalue weighted by molar-refractivity contribution is 6.19.